The van der Waals surface area contributed by atoms with Gasteiger partial charge in [-0.05, 0) is 61.4 Å². The Labute approximate surface area is 196 Å². The summed E-state index contributed by atoms with van der Waals surface area (Å²) < 4.78 is 18.7. The molecule has 1 N–H and O–H groups in total. The Morgan fingerprint density at radius 2 is 1.88 bits per heavy atom. The number of hydrogen-bond acceptors (Lipinski definition) is 6. The summed E-state index contributed by atoms with van der Waals surface area (Å²) in [6, 6.07) is 12.0. The highest BCUT2D eigenvalue weighted by Crippen LogP contribution is 2.30. The van der Waals surface area contributed by atoms with Crippen LogP contribution in [0.3, 0.4) is 0 Å². The molecule has 1 aromatic heterocycles. The lowest BCUT2D eigenvalue weighted by molar-refractivity contribution is -0.127. The van der Waals surface area contributed by atoms with Crippen LogP contribution in [0.5, 0.6) is 5.75 Å². The van der Waals surface area contributed by atoms with Crippen LogP contribution < -0.4 is 15.0 Å². The number of tetrazole rings is 1. The van der Waals surface area contributed by atoms with Gasteiger partial charge in [0.25, 0.3) is 5.91 Å². The second-order valence-electron chi connectivity index (χ2n) is 8.25. The molecule has 3 aromatic rings. The van der Waals surface area contributed by atoms with Crippen LogP contribution in [0.1, 0.15) is 32.6 Å². The second kappa shape index (κ2) is 10.4. The Kier molecular flexibility index (Phi) is 7.15. The van der Waals surface area contributed by atoms with Crippen molar-refractivity contribution in [2.45, 2.75) is 51.2 Å². The van der Waals surface area contributed by atoms with E-state index in [9.17, 15) is 14.0 Å². The summed E-state index contributed by atoms with van der Waals surface area (Å²) in [5, 5.41) is 15.2. The van der Waals surface area contributed by atoms with E-state index in [0.717, 1.165) is 30.5 Å². The van der Waals surface area contributed by atoms with Gasteiger partial charge < -0.3 is 10.1 Å². The topological polar surface area (TPSA) is 102 Å². The van der Waals surface area contributed by atoms with Gasteiger partial charge in [0.05, 0.1) is 12.8 Å². The lowest BCUT2D eigenvalue weighted by atomic mass is 10.1. The summed E-state index contributed by atoms with van der Waals surface area (Å²) >= 11 is 0. The number of hydrogen-bond donors (Lipinski definition) is 1. The summed E-state index contributed by atoms with van der Waals surface area (Å²) in [4.78, 5) is 29.1. The molecular formula is C24H27FN6O3. The number of carbonyl (C=O) groups excluding carboxylic acids is 2. The van der Waals surface area contributed by atoms with Crippen molar-refractivity contribution in [3.63, 3.8) is 0 Å². The van der Waals surface area contributed by atoms with Gasteiger partial charge >= 0.3 is 0 Å². The smallest absolute Gasteiger partial charge is 0.251 e. The number of benzene rings is 2. The number of ether oxygens (including phenoxy) is 1. The standard InChI is InChI=1S/C24H27FN6O3/c1-16(24(33)26-19-7-3-4-8-19)31(20-9-5-6-10-21(20)34-2)22(32)15-30-28-23(27-29-30)17-11-13-18(25)14-12-17/h5-6,9-14,16,19H,3-4,7-8,15H2,1-2H3,(H,26,33). The number of methoxy groups -OCH3 is 1. The van der Waals surface area contributed by atoms with Crippen LogP contribution in [0.2, 0.25) is 0 Å². The number of nitrogens with zero attached hydrogens (tertiary/aromatic N) is 5. The Morgan fingerprint density at radius 1 is 1.18 bits per heavy atom. The van der Waals surface area contributed by atoms with Crippen molar-refractivity contribution in [2.24, 2.45) is 0 Å². The van der Waals surface area contributed by atoms with Crippen molar-refractivity contribution in [2.75, 3.05) is 12.0 Å². The van der Waals surface area contributed by atoms with Crippen molar-refractivity contribution >= 4 is 17.5 Å². The average Bonchev–Trinajstić information content (AvgIpc) is 3.52. The van der Waals surface area contributed by atoms with Gasteiger partial charge in [-0.15, -0.1) is 10.2 Å². The first-order valence-corrected chi connectivity index (χ1v) is 11.3. The van der Waals surface area contributed by atoms with E-state index in [1.807, 2.05) is 0 Å². The molecule has 10 heteroatoms. The molecule has 1 aliphatic rings. The first kappa shape index (κ1) is 23.3. The van der Waals surface area contributed by atoms with E-state index in [1.165, 1.54) is 36.3 Å². The molecule has 1 fully saturated rings. The van der Waals surface area contributed by atoms with E-state index >= 15 is 0 Å². The molecular weight excluding hydrogens is 439 g/mol. The number of halogens is 1. The molecule has 0 spiro atoms. The molecule has 1 unspecified atom stereocenters. The van der Waals surface area contributed by atoms with Gasteiger partial charge in [-0.2, -0.15) is 4.80 Å². The monoisotopic (exact) mass is 466 g/mol. The molecule has 1 saturated carbocycles. The molecule has 2 aromatic carbocycles. The molecule has 0 bridgehead atoms. The molecule has 1 heterocycles. The lowest BCUT2D eigenvalue weighted by Crippen LogP contribution is -2.51. The number of rotatable bonds is 8. The maximum atomic E-state index is 13.5. The third-order valence-corrected chi connectivity index (χ3v) is 5.91. The highest BCUT2D eigenvalue weighted by Gasteiger charge is 2.31. The van der Waals surface area contributed by atoms with E-state index in [2.05, 4.69) is 20.7 Å². The van der Waals surface area contributed by atoms with Gasteiger partial charge in [0.2, 0.25) is 11.7 Å². The summed E-state index contributed by atoms with van der Waals surface area (Å²) in [6.07, 6.45) is 4.05. The largest absolute Gasteiger partial charge is 0.495 e. The Morgan fingerprint density at radius 3 is 2.59 bits per heavy atom. The SMILES string of the molecule is COc1ccccc1N(C(=O)Cn1nnc(-c2ccc(F)cc2)n1)C(C)C(=O)NC1CCCC1. The molecule has 9 nitrogen and oxygen atoms in total. The van der Waals surface area contributed by atoms with Gasteiger partial charge in [0, 0.05) is 11.6 Å². The van der Waals surface area contributed by atoms with Crippen molar-refractivity contribution in [3.8, 4) is 17.1 Å². The van der Waals surface area contributed by atoms with Crippen LogP contribution >= 0.6 is 0 Å². The molecule has 0 aliphatic heterocycles. The summed E-state index contributed by atoms with van der Waals surface area (Å²) in [5.41, 5.74) is 1.05. The zero-order chi connectivity index (χ0) is 24.1. The minimum atomic E-state index is -0.788. The Bertz CT molecular complexity index is 1140. The number of carbonyl (C=O) groups is 2. The minimum absolute atomic E-state index is 0.125. The number of anilines is 1. The van der Waals surface area contributed by atoms with Crippen LogP contribution in [0.25, 0.3) is 11.4 Å². The molecule has 1 aliphatic carbocycles. The molecule has 1 atom stereocenters. The molecule has 34 heavy (non-hydrogen) atoms. The predicted molar refractivity (Wildman–Crippen MR) is 124 cm³/mol. The molecule has 178 valence electrons. The van der Waals surface area contributed by atoms with Crippen LogP contribution in [-0.2, 0) is 16.1 Å². The van der Waals surface area contributed by atoms with E-state index in [1.54, 1.807) is 31.2 Å². The van der Waals surface area contributed by atoms with Gasteiger partial charge in [-0.3, -0.25) is 14.5 Å². The third kappa shape index (κ3) is 5.22. The first-order valence-electron chi connectivity index (χ1n) is 11.3. The van der Waals surface area contributed by atoms with E-state index < -0.39 is 11.9 Å². The minimum Gasteiger partial charge on any atom is -0.495 e. The summed E-state index contributed by atoms with van der Waals surface area (Å²) in [5.74, 6) is -0.270. The second-order valence-corrected chi connectivity index (χ2v) is 8.25. The van der Waals surface area contributed by atoms with Gasteiger partial charge in [-0.25, -0.2) is 4.39 Å². The molecule has 0 saturated heterocycles. The molecule has 2 amide bonds. The van der Waals surface area contributed by atoms with Gasteiger partial charge in [0.1, 0.15) is 24.2 Å². The Balaban J connectivity index is 1.57. The Hall–Kier alpha value is -3.82. The van der Waals surface area contributed by atoms with Gasteiger partial charge in [-0.1, -0.05) is 25.0 Å². The molecule has 0 radical (unpaired) electrons. The third-order valence-electron chi connectivity index (χ3n) is 5.91. The normalized spacial score (nSPS) is 14.6. The zero-order valence-corrected chi connectivity index (χ0v) is 19.1. The fourth-order valence-electron chi connectivity index (χ4n) is 4.12. The lowest BCUT2D eigenvalue weighted by Gasteiger charge is -2.30. The van der Waals surface area contributed by atoms with Crippen LogP contribution in [-0.4, -0.2) is 51.2 Å². The van der Waals surface area contributed by atoms with Crippen LogP contribution in [0.15, 0.2) is 48.5 Å². The van der Waals surface area contributed by atoms with Gasteiger partial charge in [0.15, 0.2) is 0 Å². The maximum Gasteiger partial charge on any atom is 0.251 e. The van der Waals surface area contributed by atoms with Crippen molar-refractivity contribution in [1.29, 1.82) is 0 Å². The highest BCUT2D eigenvalue weighted by atomic mass is 19.1. The van der Waals surface area contributed by atoms with Crippen molar-refractivity contribution < 1.29 is 18.7 Å². The number of aromatic nitrogens is 4. The van der Waals surface area contributed by atoms with Crippen LogP contribution in [0, 0.1) is 5.82 Å². The fraction of sp³-hybridized carbons (Fsp3) is 0.375. The van der Waals surface area contributed by atoms with Crippen molar-refractivity contribution in [3.05, 3.63) is 54.3 Å². The quantitative estimate of drug-likeness (QED) is 0.548. The predicted octanol–water partition coefficient (Wildman–Crippen LogP) is 2.97. The molecule has 4 rings (SSSR count). The number of amides is 2. The first-order chi connectivity index (χ1) is 16.5. The maximum absolute atomic E-state index is 13.5. The van der Waals surface area contributed by atoms with E-state index in [4.69, 9.17) is 4.74 Å². The van der Waals surface area contributed by atoms with E-state index in [-0.39, 0.29) is 30.1 Å². The van der Waals surface area contributed by atoms with Crippen molar-refractivity contribution in [1.82, 2.24) is 25.5 Å². The highest BCUT2D eigenvalue weighted by molar-refractivity contribution is 6.01. The number of nitrogens with one attached hydrogen (secondary N) is 1. The number of para-hydroxylation sites is 2. The average molecular weight is 467 g/mol. The zero-order valence-electron chi connectivity index (χ0n) is 19.1. The van der Waals surface area contributed by atoms with E-state index in [0.29, 0.717) is 17.0 Å². The summed E-state index contributed by atoms with van der Waals surface area (Å²) in [7, 11) is 1.51. The fourth-order valence-corrected chi connectivity index (χ4v) is 4.12. The summed E-state index contributed by atoms with van der Waals surface area (Å²) in [6.45, 7) is 1.45. The van der Waals surface area contributed by atoms with Crippen LogP contribution in [0.4, 0.5) is 10.1 Å².